The summed E-state index contributed by atoms with van der Waals surface area (Å²) in [5, 5.41) is 12.6. The Bertz CT molecular complexity index is 687. The maximum Gasteiger partial charge on any atom is 0.287 e. The van der Waals surface area contributed by atoms with Gasteiger partial charge in [-0.25, -0.2) is 0 Å². The molecular weight excluding hydrogens is 330 g/mol. The molecule has 0 saturated carbocycles. The highest BCUT2D eigenvalue weighted by Crippen LogP contribution is 2.29. The number of benzene rings is 1. The highest BCUT2D eigenvalue weighted by Gasteiger charge is 2.21. The van der Waals surface area contributed by atoms with Gasteiger partial charge in [0.1, 0.15) is 22.9 Å². The van der Waals surface area contributed by atoms with Gasteiger partial charge in [0.05, 0.1) is 0 Å². The maximum absolute atomic E-state index is 12.2. The Morgan fingerprint density at radius 2 is 2.09 bits per heavy atom. The number of phenolic OH excluding ortho intramolecular Hbond substituents is 1. The quantitative estimate of drug-likeness (QED) is 0.451. The Morgan fingerprint density at radius 1 is 1.45 bits per heavy atom. The number of carbonyl (C=O) groups is 1. The molecule has 1 aromatic rings. The molecule has 122 valence electrons. The molecule has 0 aliphatic carbocycles. The van der Waals surface area contributed by atoms with Crippen molar-refractivity contribution in [3.05, 3.63) is 23.3 Å². The van der Waals surface area contributed by atoms with Crippen molar-refractivity contribution in [3.8, 4) is 5.75 Å². The van der Waals surface area contributed by atoms with Crippen LogP contribution in [0, 0.1) is 6.92 Å². The highest BCUT2D eigenvalue weighted by atomic mass is 35.5. The van der Waals surface area contributed by atoms with E-state index in [1.54, 1.807) is 27.1 Å². The van der Waals surface area contributed by atoms with E-state index in [0.717, 1.165) is 6.34 Å². The zero-order valence-corrected chi connectivity index (χ0v) is 14.1. The van der Waals surface area contributed by atoms with Gasteiger partial charge in [0.25, 0.3) is 10.0 Å². The first-order valence-corrected chi connectivity index (χ1v) is 8.27. The Hall–Kier alpha value is -1.80. The predicted octanol–water partition coefficient (Wildman–Crippen LogP) is 0.834. The van der Waals surface area contributed by atoms with E-state index < -0.39 is 21.7 Å². The summed E-state index contributed by atoms with van der Waals surface area (Å²) in [6.45, 7) is 1.65. The fraction of sp³-hybridized carbons (Fsp3) is 0.385. The summed E-state index contributed by atoms with van der Waals surface area (Å²) >= 11 is 5.37. The molecule has 0 heterocycles. The molecule has 7 nitrogen and oxygen atoms in total. The lowest BCUT2D eigenvalue weighted by molar-refractivity contribution is -0.118. The summed E-state index contributed by atoms with van der Waals surface area (Å²) in [7, 11) is -0.782. The minimum atomic E-state index is -4.04. The molecular formula is C13H18ClN3O4S. The number of hydrogen-bond donors (Lipinski definition) is 2. The van der Waals surface area contributed by atoms with Gasteiger partial charge < -0.3 is 15.3 Å². The molecule has 22 heavy (non-hydrogen) atoms. The lowest BCUT2D eigenvalue weighted by Crippen LogP contribution is -2.24. The molecule has 0 aliphatic rings. The number of sulfonamides is 1. The van der Waals surface area contributed by atoms with E-state index in [-0.39, 0.29) is 22.9 Å². The second-order valence-corrected chi connectivity index (χ2v) is 6.71. The maximum atomic E-state index is 12.2. The van der Waals surface area contributed by atoms with Gasteiger partial charge in [0.15, 0.2) is 0 Å². The van der Waals surface area contributed by atoms with Crippen LogP contribution in [0.3, 0.4) is 0 Å². The van der Waals surface area contributed by atoms with Crippen LogP contribution < -0.4 is 5.32 Å². The highest BCUT2D eigenvalue weighted by molar-refractivity contribution is 7.90. The lowest BCUT2D eigenvalue weighted by atomic mass is 10.1. The topological polar surface area (TPSA) is 99.1 Å². The molecule has 0 aromatic heterocycles. The summed E-state index contributed by atoms with van der Waals surface area (Å²) in [5.74, 6) is -1.07. The minimum Gasteiger partial charge on any atom is -0.506 e. The number of amides is 1. The van der Waals surface area contributed by atoms with E-state index in [0.29, 0.717) is 5.56 Å². The summed E-state index contributed by atoms with van der Waals surface area (Å²) in [6, 6.07) is 2.91. The standard InChI is InChI=1S/C13H18ClN3O4S/c1-9-4-10(7-15-12(18)6-14)13(19)11(5-9)22(20,21)16-8-17(2)3/h4-5,8,19H,6-7H2,1-3H3,(H,15,18). The van der Waals surface area contributed by atoms with Crippen molar-refractivity contribution in [3.63, 3.8) is 0 Å². The summed E-state index contributed by atoms with van der Waals surface area (Å²) in [5.41, 5.74) is 0.892. The number of nitrogens with zero attached hydrogens (tertiary/aromatic N) is 2. The number of aryl methyl sites for hydroxylation is 1. The average Bonchev–Trinajstić information content (AvgIpc) is 2.45. The van der Waals surface area contributed by atoms with Crippen molar-refractivity contribution in [2.75, 3.05) is 20.0 Å². The molecule has 0 aliphatic heterocycles. The Kier molecular flexibility index (Phi) is 6.19. The first-order chi connectivity index (χ1) is 10.2. The summed E-state index contributed by atoms with van der Waals surface area (Å²) in [6.07, 6.45) is 1.13. The normalized spacial score (nSPS) is 11.6. The van der Waals surface area contributed by atoms with Gasteiger partial charge in [-0.1, -0.05) is 6.07 Å². The first kappa shape index (κ1) is 18.2. The van der Waals surface area contributed by atoms with E-state index in [1.165, 1.54) is 11.0 Å². The number of rotatable bonds is 6. The molecule has 0 fully saturated rings. The van der Waals surface area contributed by atoms with Crippen molar-refractivity contribution in [1.82, 2.24) is 10.2 Å². The third-order valence-electron chi connectivity index (χ3n) is 2.59. The zero-order valence-electron chi connectivity index (χ0n) is 12.5. The average molecular weight is 348 g/mol. The van der Waals surface area contributed by atoms with Gasteiger partial charge >= 0.3 is 0 Å². The van der Waals surface area contributed by atoms with Crippen LogP contribution in [0.4, 0.5) is 0 Å². The molecule has 1 amide bonds. The van der Waals surface area contributed by atoms with Gasteiger partial charge in [-0.2, -0.15) is 8.42 Å². The Labute approximate surface area is 134 Å². The smallest absolute Gasteiger partial charge is 0.287 e. The van der Waals surface area contributed by atoms with E-state index in [2.05, 4.69) is 9.71 Å². The molecule has 0 saturated heterocycles. The van der Waals surface area contributed by atoms with Gasteiger partial charge in [-0.15, -0.1) is 16.0 Å². The third-order valence-corrected chi connectivity index (χ3v) is 4.07. The molecule has 0 atom stereocenters. The van der Waals surface area contributed by atoms with E-state index in [4.69, 9.17) is 11.6 Å². The van der Waals surface area contributed by atoms with Crippen molar-refractivity contribution in [1.29, 1.82) is 0 Å². The molecule has 0 spiro atoms. The van der Waals surface area contributed by atoms with Gasteiger partial charge in [0, 0.05) is 26.2 Å². The number of halogens is 1. The number of phenols is 1. The van der Waals surface area contributed by atoms with Crippen LogP contribution in [-0.4, -0.2) is 50.6 Å². The number of carbonyl (C=O) groups excluding carboxylic acids is 1. The second kappa shape index (κ2) is 7.46. The number of alkyl halides is 1. The van der Waals surface area contributed by atoms with E-state index in [1.807, 2.05) is 0 Å². The third kappa shape index (κ3) is 4.88. The van der Waals surface area contributed by atoms with Crippen LogP contribution in [0.1, 0.15) is 11.1 Å². The Morgan fingerprint density at radius 3 is 2.64 bits per heavy atom. The van der Waals surface area contributed by atoms with Crippen LogP contribution >= 0.6 is 11.6 Å². The molecule has 9 heteroatoms. The summed E-state index contributed by atoms with van der Waals surface area (Å²) in [4.78, 5) is 12.3. The van der Waals surface area contributed by atoms with Crippen LogP contribution in [0.2, 0.25) is 0 Å². The molecule has 0 radical (unpaired) electrons. The van der Waals surface area contributed by atoms with Crippen LogP contribution in [0.25, 0.3) is 0 Å². The van der Waals surface area contributed by atoms with Crippen molar-refractivity contribution < 1.29 is 18.3 Å². The SMILES string of the molecule is Cc1cc(CNC(=O)CCl)c(O)c(S(=O)(=O)N=CN(C)C)c1. The molecule has 0 bridgehead atoms. The van der Waals surface area contributed by atoms with Gasteiger partial charge in [-0.05, 0) is 18.6 Å². The predicted molar refractivity (Wildman–Crippen MR) is 84.8 cm³/mol. The lowest BCUT2D eigenvalue weighted by Gasteiger charge is -2.11. The molecule has 0 unspecified atom stereocenters. The Balaban J connectivity index is 3.22. The van der Waals surface area contributed by atoms with E-state index in [9.17, 15) is 18.3 Å². The molecule has 2 N–H and O–H groups in total. The minimum absolute atomic E-state index is 0.0288. The van der Waals surface area contributed by atoms with Crippen LogP contribution in [0.5, 0.6) is 5.75 Å². The van der Waals surface area contributed by atoms with Crippen molar-refractivity contribution in [2.45, 2.75) is 18.4 Å². The van der Waals surface area contributed by atoms with Crippen molar-refractivity contribution >= 4 is 33.9 Å². The van der Waals surface area contributed by atoms with Crippen molar-refractivity contribution in [2.24, 2.45) is 4.40 Å². The number of hydrogen-bond acceptors (Lipinski definition) is 4. The number of nitrogens with one attached hydrogen (secondary N) is 1. The fourth-order valence-corrected chi connectivity index (χ4v) is 2.83. The van der Waals surface area contributed by atoms with Gasteiger partial charge in [0.2, 0.25) is 5.91 Å². The molecule has 1 aromatic carbocycles. The van der Waals surface area contributed by atoms with Crippen LogP contribution in [0.15, 0.2) is 21.4 Å². The van der Waals surface area contributed by atoms with Gasteiger partial charge in [-0.3, -0.25) is 4.79 Å². The number of aromatic hydroxyl groups is 1. The van der Waals surface area contributed by atoms with E-state index >= 15 is 0 Å². The largest absolute Gasteiger partial charge is 0.506 e. The van der Waals surface area contributed by atoms with Crippen LogP contribution in [-0.2, 0) is 21.4 Å². The molecule has 1 rings (SSSR count). The first-order valence-electron chi connectivity index (χ1n) is 6.29. The fourth-order valence-electron chi connectivity index (χ4n) is 1.60. The monoisotopic (exact) mass is 347 g/mol. The second-order valence-electron chi connectivity index (χ2n) is 4.84. The summed E-state index contributed by atoms with van der Waals surface area (Å²) < 4.78 is 27.8. The zero-order chi connectivity index (χ0) is 16.9.